The minimum Gasteiger partial charge on any atom is -0.478 e. The predicted octanol–water partition coefficient (Wildman–Crippen LogP) is 5.07. The average molecular weight is 356 g/mol. The first-order valence-electron chi connectivity index (χ1n) is 7.99. The van der Waals surface area contributed by atoms with Crippen LogP contribution in [-0.2, 0) is 15.6 Å². The van der Waals surface area contributed by atoms with E-state index in [9.17, 15) is 23.1 Å². The topological polar surface area (TPSA) is 46.5 Å². The Balaban J connectivity index is 2.79. The SMILES string of the molecule is CC(C)(C)c1cc2c(c(C(C)(C)C)c1)O[C@H](C(F)(F)F)C(C(=O)O)=C2. The summed E-state index contributed by atoms with van der Waals surface area (Å²) >= 11 is 0. The van der Waals surface area contributed by atoms with Crippen LogP contribution in [0.1, 0.15) is 58.2 Å². The first kappa shape index (κ1) is 19.3. The normalized spacial score (nSPS) is 18.3. The first-order chi connectivity index (χ1) is 11.1. The van der Waals surface area contributed by atoms with Crippen LogP contribution in [0.5, 0.6) is 5.75 Å². The zero-order chi connectivity index (χ0) is 19.4. The molecule has 1 N–H and O–H groups in total. The smallest absolute Gasteiger partial charge is 0.430 e. The predicted molar refractivity (Wildman–Crippen MR) is 89.9 cm³/mol. The van der Waals surface area contributed by atoms with E-state index in [4.69, 9.17) is 4.74 Å². The summed E-state index contributed by atoms with van der Waals surface area (Å²) in [4.78, 5) is 11.3. The second-order valence-corrected chi connectivity index (χ2v) is 8.39. The van der Waals surface area contributed by atoms with Gasteiger partial charge in [0.05, 0.1) is 5.57 Å². The highest BCUT2D eigenvalue weighted by Crippen LogP contribution is 2.44. The second kappa shape index (κ2) is 5.78. The van der Waals surface area contributed by atoms with E-state index in [-0.39, 0.29) is 11.2 Å². The van der Waals surface area contributed by atoms with Crippen LogP contribution < -0.4 is 4.74 Å². The van der Waals surface area contributed by atoms with Crippen LogP contribution >= 0.6 is 0 Å². The molecule has 0 aromatic heterocycles. The third-order valence-electron chi connectivity index (χ3n) is 4.17. The molecular weight excluding hydrogens is 333 g/mol. The van der Waals surface area contributed by atoms with E-state index >= 15 is 0 Å². The van der Waals surface area contributed by atoms with E-state index < -0.39 is 29.2 Å². The Morgan fingerprint density at radius 2 is 1.60 bits per heavy atom. The summed E-state index contributed by atoms with van der Waals surface area (Å²) < 4.78 is 45.2. The molecule has 1 aliphatic rings. The lowest BCUT2D eigenvalue weighted by Crippen LogP contribution is -2.41. The van der Waals surface area contributed by atoms with Gasteiger partial charge in [-0.05, 0) is 28.5 Å². The van der Waals surface area contributed by atoms with Crippen LogP contribution in [0.4, 0.5) is 13.2 Å². The summed E-state index contributed by atoms with van der Waals surface area (Å²) in [7, 11) is 0. The van der Waals surface area contributed by atoms with Crippen LogP contribution in [0.2, 0.25) is 0 Å². The van der Waals surface area contributed by atoms with Gasteiger partial charge in [-0.3, -0.25) is 0 Å². The number of carbonyl (C=O) groups is 1. The Kier molecular flexibility index (Phi) is 4.47. The van der Waals surface area contributed by atoms with E-state index in [1.807, 2.05) is 47.6 Å². The fourth-order valence-corrected chi connectivity index (χ4v) is 2.72. The molecule has 1 aromatic rings. The Hall–Kier alpha value is -1.98. The minimum absolute atomic E-state index is 0.104. The molecule has 0 amide bonds. The van der Waals surface area contributed by atoms with Crippen LogP contribution in [0.3, 0.4) is 0 Å². The lowest BCUT2D eigenvalue weighted by atomic mass is 9.78. The molecule has 0 saturated carbocycles. The number of carboxylic acid groups (broad SMARTS) is 1. The highest BCUT2D eigenvalue weighted by atomic mass is 19.4. The molecule has 1 aliphatic heterocycles. The fraction of sp³-hybridized carbons (Fsp3) is 0.526. The van der Waals surface area contributed by atoms with Gasteiger partial charge in [0.2, 0.25) is 6.10 Å². The molecule has 0 unspecified atom stereocenters. The van der Waals surface area contributed by atoms with E-state index in [2.05, 4.69) is 0 Å². The van der Waals surface area contributed by atoms with Gasteiger partial charge >= 0.3 is 12.1 Å². The summed E-state index contributed by atoms with van der Waals surface area (Å²) in [6.07, 6.45) is -6.19. The van der Waals surface area contributed by atoms with Crippen molar-refractivity contribution in [1.29, 1.82) is 0 Å². The molecule has 0 spiro atoms. The Labute approximate surface area is 145 Å². The van der Waals surface area contributed by atoms with E-state index in [1.165, 1.54) is 0 Å². The highest BCUT2D eigenvalue weighted by Gasteiger charge is 2.49. The fourth-order valence-electron chi connectivity index (χ4n) is 2.72. The van der Waals surface area contributed by atoms with Crippen molar-refractivity contribution in [1.82, 2.24) is 0 Å². The van der Waals surface area contributed by atoms with Gasteiger partial charge in [0.25, 0.3) is 0 Å². The van der Waals surface area contributed by atoms with Crippen molar-refractivity contribution in [2.45, 2.75) is 64.7 Å². The van der Waals surface area contributed by atoms with Gasteiger partial charge in [0, 0.05) is 11.1 Å². The molecule has 25 heavy (non-hydrogen) atoms. The minimum atomic E-state index is -4.81. The third kappa shape index (κ3) is 3.83. The number of ether oxygens (including phenoxy) is 1. The van der Waals surface area contributed by atoms with Gasteiger partial charge in [0.15, 0.2) is 0 Å². The molecular formula is C19H23F3O3. The standard InChI is InChI=1S/C19H23F3O3/c1-17(2,3)11-7-10-8-12(16(23)24)15(19(20,21)22)25-14(10)13(9-11)18(4,5)6/h7-9,15H,1-6H3,(H,23,24)/t15-/m0/s1. The number of hydrogen-bond donors (Lipinski definition) is 1. The molecule has 1 aromatic carbocycles. The van der Waals surface area contributed by atoms with E-state index in [0.717, 1.165) is 11.6 Å². The number of benzene rings is 1. The maximum absolute atomic E-state index is 13.3. The van der Waals surface area contributed by atoms with Crippen molar-refractivity contribution < 1.29 is 27.8 Å². The molecule has 1 atom stereocenters. The molecule has 0 saturated heterocycles. The van der Waals surface area contributed by atoms with Crippen molar-refractivity contribution in [3.8, 4) is 5.75 Å². The zero-order valence-corrected chi connectivity index (χ0v) is 15.2. The number of carboxylic acids is 1. The first-order valence-corrected chi connectivity index (χ1v) is 7.99. The number of aliphatic carboxylic acids is 1. The quantitative estimate of drug-likeness (QED) is 0.764. The average Bonchev–Trinajstić information content (AvgIpc) is 2.41. The van der Waals surface area contributed by atoms with Gasteiger partial charge in [-0.15, -0.1) is 0 Å². The largest absolute Gasteiger partial charge is 0.478 e. The summed E-state index contributed by atoms with van der Waals surface area (Å²) in [5.74, 6) is -1.53. The summed E-state index contributed by atoms with van der Waals surface area (Å²) in [5.41, 5.74) is 0.403. The van der Waals surface area contributed by atoms with Crippen molar-refractivity contribution in [2.24, 2.45) is 0 Å². The van der Waals surface area contributed by atoms with Crippen molar-refractivity contribution in [3.05, 3.63) is 34.4 Å². The lowest BCUT2D eigenvalue weighted by molar-refractivity contribution is -0.187. The van der Waals surface area contributed by atoms with Gasteiger partial charge < -0.3 is 9.84 Å². The highest BCUT2D eigenvalue weighted by molar-refractivity contribution is 5.95. The molecule has 0 bridgehead atoms. The van der Waals surface area contributed by atoms with Crippen molar-refractivity contribution in [2.75, 3.05) is 0 Å². The maximum atomic E-state index is 13.3. The number of fused-ring (bicyclic) bond motifs is 1. The Morgan fingerprint density at radius 1 is 1.04 bits per heavy atom. The lowest BCUT2D eigenvalue weighted by Gasteiger charge is -2.33. The number of hydrogen-bond acceptors (Lipinski definition) is 2. The van der Waals surface area contributed by atoms with Crippen molar-refractivity contribution in [3.63, 3.8) is 0 Å². The zero-order valence-electron chi connectivity index (χ0n) is 15.2. The van der Waals surface area contributed by atoms with Crippen LogP contribution in [0.15, 0.2) is 17.7 Å². The molecule has 1 heterocycles. The summed E-state index contributed by atoms with van der Waals surface area (Å²) in [6, 6.07) is 3.56. The molecule has 0 fully saturated rings. The van der Waals surface area contributed by atoms with E-state index in [0.29, 0.717) is 11.1 Å². The van der Waals surface area contributed by atoms with Crippen LogP contribution in [-0.4, -0.2) is 23.4 Å². The molecule has 0 radical (unpaired) electrons. The van der Waals surface area contributed by atoms with Gasteiger partial charge in [0.1, 0.15) is 5.75 Å². The number of rotatable bonds is 1. The van der Waals surface area contributed by atoms with Gasteiger partial charge in [-0.1, -0.05) is 47.6 Å². The number of halogens is 3. The molecule has 3 nitrogen and oxygen atoms in total. The molecule has 6 heteroatoms. The Morgan fingerprint density at radius 3 is 2.00 bits per heavy atom. The second-order valence-electron chi connectivity index (χ2n) is 8.39. The molecule has 0 aliphatic carbocycles. The maximum Gasteiger partial charge on any atom is 0.430 e. The van der Waals surface area contributed by atoms with E-state index in [1.54, 1.807) is 6.07 Å². The van der Waals surface area contributed by atoms with Gasteiger partial charge in [-0.25, -0.2) is 4.79 Å². The molecule has 138 valence electrons. The number of alkyl halides is 3. The van der Waals surface area contributed by atoms with Crippen LogP contribution in [0.25, 0.3) is 6.08 Å². The summed E-state index contributed by atoms with van der Waals surface area (Å²) in [6.45, 7) is 11.6. The van der Waals surface area contributed by atoms with Gasteiger partial charge in [-0.2, -0.15) is 13.2 Å². The Bertz CT molecular complexity index is 732. The monoisotopic (exact) mass is 356 g/mol. The van der Waals surface area contributed by atoms with Crippen molar-refractivity contribution >= 4 is 12.0 Å². The van der Waals surface area contributed by atoms with Crippen LogP contribution in [0, 0.1) is 0 Å². The third-order valence-corrected chi connectivity index (χ3v) is 4.17. The molecule has 2 rings (SSSR count). The summed E-state index contributed by atoms with van der Waals surface area (Å²) in [5, 5.41) is 9.21.